The van der Waals surface area contributed by atoms with Crippen LogP contribution in [0.25, 0.3) is 0 Å². The topological polar surface area (TPSA) is 663 Å². The zero-order valence-corrected chi connectivity index (χ0v) is 40.6. The summed E-state index contributed by atoms with van der Waals surface area (Å²) in [7, 11) is -80.5. The lowest BCUT2D eigenvalue weighted by Gasteiger charge is -2.22. The fourth-order valence-corrected chi connectivity index (χ4v) is 19.5. The monoisotopic (exact) mass is 1200 g/mol. The summed E-state index contributed by atoms with van der Waals surface area (Å²) < 4.78 is 188. The fraction of sp³-hybridized carbons (Fsp3) is 0.600. The summed E-state index contributed by atoms with van der Waals surface area (Å²) in [4.78, 5) is 146. The molecule has 1 saturated heterocycles. The van der Waals surface area contributed by atoms with E-state index in [9.17, 15) is 118 Å². The van der Waals surface area contributed by atoms with Crippen molar-refractivity contribution in [3.63, 3.8) is 0 Å². The number of nitrogens with one attached hydrogen (secondary N) is 1. The first-order valence-electron chi connectivity index (χ1n) is 14.3. The van der Waals surface area contributed by atoms with Crippen molar-refractivity contribution in [3.05, 3.63) is 32.6 Å². The molecule has 1 fully saturated rings. The molecule has 1 aliphatic rings. The van der Waals surface area contributed by atoms with E-state index in [0.717, 1.165) is 10.8 Å². The van der Waals surface area contributed by atoms with E-state index in [4.69, 9.17) is 19.4 Å². The van der Waals surface area contributed by atoms with Gasteiger partial charge in [-0.15, -0.1) is 0 Å². The van der Waals surface area contributed by atoms with E-state index in [0.29, 0.717) is 0 Å². The number of hydrogen-bond donors (Lipinski definition) is 15. The molecule has 1 aromatic heterocycles. The van der Waals surface area contributed by atoms with E-state index in [1.165, 1.54) is 6.92 Å². The average Bonchev–Trinajstić information content (AvgIpc) is 3.29. The number of aliphatic hydroxyl groups excluding tert-OH is 1. The zero-order chi connectivity index (χ0) is 51.1. The van der Waals surface area contributed by atoms with Crippen molar-refractivity contribution in [2.75, 3.05) is 6.61 Å². The number of phosphoric acid groups is 12. The van der Waals surface area contributed by atoms with Crippen molar-refractivity contribution >= 4 is 93.9 Å². The maximum Gasteiger partial charge on any atom is 0.490 e. The van der Waals surface area contributed by atoms with Gasteiger partial charge in [-0.25, -0.2) is 59.6 Å². The van der Waals surface area contributed by atoms with E-state index < -0.39 is 137 Å². The number of aromatic nitrogens is 2. The molecule has 15 N–H and O–H groups in total. The average molecular weight is 1200 g/mol. The van der Waals surface area contributed by atoms with E-state index in [2.05, 4.69) is 51.9 Å². The Hall–Kier alpha value is 0.360. The Morgan fingerprint density at radius 2 is 0.800 bits per heavy atom. The normalized spacial score (nSPS) is 27.6. The summed E-state index contributed by atoms with van der Waals surface area (Å²) in [5.74, 6) is 0. The highest BCUT2D eigenvalue weighted by Crippen LogP contribution is 2.79. The molecule has 0 bridgehead atoms. The van der Waals surface area contributed by atoms with Crippen LogP contribution in [0.15, 0.2) is 15.8 Å². The molecule has 43 nitrogen and oxygen atoms in total. The van der Waals surface area contributed by atoms with Crippen molar-refractivity contribution in [3.8, 4) is 0 Å². The lowest BCUT2D eigenvalue weighted by atomic mass is 10.2. The van der Waals surface area contributed by atoms with Crippen LogP contribution in [0.4, 0.5) is 0 Å². The largest absolute Gasteiger partial charge is 0.490 e. The maximum absolute atomic E-state index is 12.2. The Morgan fingerprint density at radius 1 is 0.523 bits per heavy atom. The highest BCUT2D eigenvalue weighted by Gasteiger charge is 2.54. The predicted octanol–water partition coefficient (Wildman–Crippen LogP) is -0.110. The number of aliphatic hydroxyl groups is 1. The fourth-order valence-electron chi connectivity index (χ4n) is 3.61. The molecular weight excluding hydrogens is 1180 g/mol. The molecule has 2 heterocycles. The van der Waals surface area contributed by atoms with E-state index in [-0.39, 0.29) is 5.56 Å². The molecule has 0 radical (unpaired) electrons. The second-order valence-electron chi connectivity index (χ2n) is 10.7. The number of rotatable bonds is 26. The summed E-state index contributed by atoms with van der Waals surface area (Å²) >= 11 is 0. The smallest absolute Gasteiger partial charge is 0.390 e. The van der Waals surface area contributed by atoms with Gasteiger partial charge in [-0.3, -0.25) is 18.9 Å². The Balaban J connectivity index is 2.03. The SMILES string of the molecule is Cc1cn([C@H]2CC(O)[C@@H](COP(=O)(O)OP(=O)(O)OP(=O)(O)OP(=O)(O)OP(=O)(O)OP(=O)(O)OP(=O)(O)OP(=O)(O)OP(=O)(O)OP(=O)(O)OP(=O)(O)OP(=O)(O)O)O2)c(=O)[nH]c1=O. The number of aromatic amines is 1. The highest BCUT2D eigenvalue weighted by atomic mass is 31.3. The van der Waals surface area contributed by atoms with Crippen LogP contribution in [0.2, 0.25) is 0 Å². The predicted molar refractivity (Wildman–Crippen MR) is 189 cm³/mol. The van der Waals surface area contributed by atoms with Gasteiger partial charge in [0.1, 0.15) is 12.3 Å². The summed E-state index contributed by atoms with van der Waals surface area (Å²) in [6, 6.07) is 0. The lowest BCUT2D eigenvalue weighted by molar-refractivity contribution is -0.0450. The van der Waals surface area contributed by atoms with Crippen molar-refractivity contribution in [2.45, 2.75) is 31.8 Å². The zero-order valence-electron chi connectivity index (χ0n) is 29.8. The Labute approximate surface area is 354 Å². The molecule has 65 heavy (non-hydrogen) atoms. The Kier molecular flexibility index (Phi) is 20.1. The van der Waals surface area contributed by atoms with Crippen LogP contribution in [0.5, 0.6) is 0 Å². The van der Waals surface area contributed by atoms with Crippen LogP contribution in [0.1, 0.15) is 18.2 Å². The van der Waals surface area contributed by atoms with Crippen LogP contribution < -0.4 is 11.2 Å². The molecule has 14 atom stereocenters. The van der Waals surface area contributed by atoms with Gasteiger partial charge >= 0.3 is 99.6 Å². The van der Waals surface area contributed by atoms with Gasteiger partial charge in [0.05, 0.1) is 12.7 Å². The third-order valence-electron chi connectivity index (χ3n) is 5.34. The summed E-state index contributed by atoms with van der Waals surface area (Å²) in [6.07, 6.45) is -4.05. The number of phosphoric ester groups is 1. The number of H-pyrrole nitrogens is 1. The van der Waals surface area contributed by atoms with Gasteiger partial charge in [-0.1, -0.05) is 0 Å². The number of hydrogen-bond acceptors (Lipinski definition) is 28. The third kappa shape index (κ3) is 23.0. The summed E-state index contributed by atoms with van der Waals surface area (Å²) in [5.41, 5.74) is -1.81. The molecule has 0 aromatic carbocycles. The van der Waals surface area contributed by atoms with Gasteiger partial charge in [0.2, 0.25) is 0 Å². The van der Waals surface area contributed by atoms with E-state index >= 15 is 0 Å². The lowest BCUT2D eigenvalue weighted by Crippen LogP contribution is -2.33. The van der Waals surface area contributed by atoms with Gasteiger partial charge in [-0.2, -0.15) is 47.4 Å². The van der Waals surface area contributed by atoms with Crippen LogP contribution in [-0.4, -0.2) is 97.1 Å². The first kappa shape index (κ1) is 61.5. The third-order valence-corrected chi connectivity index (χ3v) is 24.0. The maximum atomic E-state index is 12.2. The van der Waals surface area contributed by atoms with Gasteiger partial charge in [0.15, 0.2) is 0 Å². The van der Waals surface area contributed by atoms with Crippen LogP contribution >= 0.6 is 93.9 Å². The molecule has 1 aliphatic heterocycles. The van der Waals surface area contributed by atoms with Crippen LogP contribution in [-0.2, 0) is 111 Å². The Bertz CT molecular complexity index is 2670. The van der Waals surface area contributed by atoms with Gasteiger partial charge in [-0.05, 0) is 6.92 Å². The number of ether oxygens (including phenoxy) is 1. The minimum Gasteiger partial charge on any atom is -0.390 e. The minimum atomic E-state index is -7.03. The molecule has 1 aromatic rings. The van der Waals surface area contributed by atoms with Gasteiger partial charge in [0.25, 0.3) is 5.56 Å². The van der Waals surface area contributed by atoms with Crippen molar-refractivity contribution in [1.82, 2.24) is 9.55 Å². The van der Waals surface area contributed by atoms with Crippen molar-refractivity contribution < 1.29 is 180 Å². The van der Waals surface area contributed by atoms with E-state index in [1.54, 1.807) is 0 Å². The highest BCUT2D eigenvalue weighted by molar-refractivity contribution is 7.75. The first-order chi connectivity index (χ1) is 28.4. The second kappa shape index (κ2) is 21.2. The summed E-state index contributed by atoms with van der Waals surface area (Å²) in [5, 5.41) is 10.2. The summed E-state index contributed by atoms with van der Waals surface area (Å²) in [6.45, 7) is 0.0276. The number of aryl methyl sites for hydroxylation is 1. The van der Waals surface area contributed by atoms with Crippen LogP contribution in [0, 0.1) is 6.92 Å². The molecule has 0 saturated carbocycles. The van der Waals surface area contributed by atoms with Gasteiger partial charge < -0.3 is 73.5 Å². The quantitative estimate of drug-likeness (QED) is 0.0538. The van der Waals surface area contributed by atoms with E-state index in [1.807, 2.05) is 4.98 Å². The molecule has 2 rings (SSSR count). The van der Waals surface area contributed by atoms with Crippen molar-refractivity contribution in [1.29, 1.82) is 0 Å². The molecule has 382 valence electrons. The standard InChI is InChI=1S/C10H26N2O41P12/c1-5-3-12(10(15)11-9(5)14)8-2-6(13)7(42-8)4-41-55(19,20)44-57(23,24)46-59(27,28)48-61(31,32)50-63(35,36)52-65(39,40)53-64(37,38)51-62(33,34)49-60(29,30)47-58(25,26)45-56(21,22)43-54(16,17)18/h3,6-8,13H,2,4H2,1H3,(H,19,20)(H,21,22)(H,23,24)(H,25,26)(H,27,28)(H,29,30)(H,31,32)(H,33,34)(H,35,36)(H,37,38)(H,39,40)(H,11,14,15)(H2,16,17,18)/t6?,7-,8-/m1/s1. The molecular formula is C10H26N2O41P12. The Morgan fingerprint density at radius 3 is 1.09 bits per heavy atom. The minimum absolute atomic E-state index is 0.00101. The number of nitrogens with zero attached hydrogens (tertiary/aromatic N) is 1. The van der Waals surface area contributed by atoms with Crippen LogP contribution in [0.3, 0.4) is 0 Å². The first-order valence-corrected chi connectivity index (χ1v) is 32.2. The molecule has 55 heteroatoms. The molecule has 0 aliphatic carbocycles. The van der Waals surface area contributed by atoms with Gasteiger partial charge in [0, 0.05) is 18.2 Å². The molecule has 12 unspecified atom stereocenters. The second-order valence-corrected chi connectivity index (χ2v) is 29.5. The van der Waals surface area contributed by atoms with Crippen molar-refractivity contribution in [2.24, 2.45) is 0 Å². The molecule has 0 spiro atoms. The molecule has 0 amide bonds.